The Morgan fingerprint density at radius 2 is 1.58 bits per heavy atom. The molecule has 1 atom stereocenters. The number of benzene rings is 1. The molecular weight excluding hydrogens is 324 g/mol. The van der Waals surface area contributed by atoms with Crippen LogP contribution in [0.5, 0.6) is 11.5 Å². The van der Waals surface area contributed by atoms with E-state index >= 15 is 0 Å². The summed E-state index contributed by atoms with van der Waals surface area (Å²) in [6.07, 6.45) is 10.5. The Labute approximate surface area is 159 Å². The number of ether oxygens (including phenoxy) is 3. The van der Waals surface area contributed by atoms with Crippen molar-refractivity contribution in [2.45, 2.75) is 71.5 Å². The van der Waals surface area contributed by atoms with Crippen molar-refractivity contribution in [3.05, 3.63) is 47.1 Å². The molecule has 0 spiro atoms. The first kappa shape index (κ1) is 20.6. The minimum Gasteiger partial charge on any atom is -0.497 e. The van der Waals surface area contributed by atoms with Gasteiger partial charge in [0.15, 0.2) is 0 Å². The minimum absolute atomic E-state index is 0.113. The number of hydrogen-bond donors (Lipinski definition) is 0. The Hall–Kier alpha value is -1.74. The van der Waals surface area contributed by atoms with Gasteiger partial charge in [-0.1, -0.05) is 23.3 Å². The molecule has 1 unspecified atom stereocenters. The maximum Gasteiger partial charge on any atom is 0.122 e. The fourth-order valence-corrected chi connectivity index (χ4v) is 3.12. The summed E-state index contributed by atoms with van der Waals surface area (Å²) in [5.41, 5.74) is 4.21. The van der Waals surface area contributed by atoms with Gasteiger partial charge in [0, 0.05) is 6.07 Å². The van der Waals surface area contributed by atoms with Gasteiger partial charge in [-0.2, -0.15) is 0 Å². The predicted octanol–water partition coefficient (Wildman–Crippen LogP) is 5.88. The molecule has 1 aromatic rings. The smallest absolute Gasteiger partial charge is 0.122 e. The average molecular weight is 359 g/mol. The molecule has 144 valence electrons. The summed E-state index contributed by atoms with van der Waals surface area (Å²) >= 11 is 0. The highest BCUT2D eigenvalue weighted by molar-refractivity contribution is 5.39. The minimum atomic E-state index is 0.113. The first-order valence-electron chi connectivity index (χ1n) is 9.55. The van der Waals surface area contributed by atoms with Crippen LogP contribution in [0.25, 0.3) is 0 Å². The number of allylic oxidation sites excluding steroid dienone is 4. The fourth-order valence-electron chi connectivity index (χ4n) is 3.12. The molecule has 0 aliphatic carbocycles. The second-order valence-corrected chi connectivity index (χ2v) is 7.81. The van der Waals surface area contributed by atoms with Gasteiger partial charge in [0.05, 0.1) is 25.9 Å². The van der Waals surface area contributed by atoms with Crippen molar-refractivity contribution in [2.75, 3.05) is 14.2 Å². The molecule has 1 saturated heterocycles. The predicted molar refractivity (Wildman–Crippen MR) is 108 cm³/mol. The topological polar surface area (TPSA) is 31.0 Å². The standard InChI is InChI=1S/C23H34O3/c1-17(8-7-9-18(2)11-13-22-23(3,4)26-22)10-12-19-14-20(24-5)16-21(15-19)25-6/h9-10,14-16,22H,7-8,11-13H2,1-6H3. The summed E-state index contributed by atoms with van der Waals surface area (Å²) in [4.78, 5) is 0. The van der Waals surface area contributed by atoms with Gasteiger partial charge in [-0.3, -0.25) is 0 Å². The Kier molecular flexibility index (Phi) is 7.33. The van der Waals surface area contributed by atoms with Crippen LogP contribution >= 0.6 is 0 Å². The molecule has 26 heavy (non-hydrogen) atoms. The van der Waals surface area contributed by atoms with E-state index in [1.807, 2.05) is 6.07 Å². The van der Waals surface area contributed by atoms with Gasteiger partial charge in [0.2, 0.25) is 0 Å². The SMILES string of the molecule is COc1cc(CC=C(C)CCC=C(C)CCC2OC2(C)C)cc(OC)c1. The van der Waals surface area contributed by atoms with Crippen LogP contribution in [0, 0.1) is 0 Å². The third-order valence-corrected chi connectivity index (χ3v) is 5.09. The highest BCUT2D eigenvalue weighted by Crippen LogP contribution is 2.38. The van der Waals surface area contributed by atoms with Crippen molar-refractivity contribution < 1.29 is 14.2 Å². The largest absolute Gasteiger partial charge is 0.497 e. The Balaban J connectivity index is 1.76. The molecule has 0 aromatic heterocycles. The Bertz CT molecular complexity index is 633. The van der Waals surface area contributed by atoms with E-state index in [1.54, 1.807) is 14.2 Å². The molecule has 2 rings (SSSR count). The van der Waals surface area contributed by atoms with Gasteiger partial charge >= 0.3 is 0 Å². The molecule has 0 bridgehead atoms. The van der Waals surface area contributed by atoms with Crippen LogP contribution in [0.2, 0.25) is 0 Å². The summed E-state index contributed by atoms with van der Waals surface area (Å²) in [5.74, 6) is 1.68. The monoisotopic (exact) mass is 358 g/mol. The molecule has 1 aliphatic heterocycles. The van der Waals surface area contributed by atoms with Gasteiger partial charge < -0.3 is 14.2 Å². The van der Waals surface area contributed by atoms with Crippen LogP contribution in [-0.2, 0) is 11.2 Å². The van der Waals surface area contributed by atoms with Crippen LogP contribution in [0.3, 0.4) is 0 Å². The molecule has 0 radical (unpaired) electrons. The van der Waals surface area contributed by atoms with Crippen LogP contribution < -0.4 is 9.47 Å². The zero-order chi connectivity index (χ0) is 19.2. The number of methoxy groups -OCH3 is 2. The van der Waals surface area contributed by atoms with Crippen molar-refractivity contribution in [1.29, 1.82) is 0 Å². The number of epoxide rings is 1. The molecule has 3 nitrogen and oxygen atoms in total. The molecule has 0 saturated carbocycles. The van der Waals surface area contributed by atoms with Crippen LogP contribution in [0.15, 0.2) is 41.5 Å². The Morgan fingerprint density at radius 1 is 1.00 bits per heavy atom. The molecular formula is C23H34O3. The first-order valence-corrected chi connectivity index (χ1v) is 9.55. The van der Waals surface area contributed by atoms with E-state index in [4.69, 9.17) is 14.2 Å². The molecule has 0 amide bonds. The third-order valence-electron chi connectivity index (χ3n) is 5.09. The second-order valence-electron chi connectivity index (χ2n) is 7.81. The van der Waals surface area contributed by atoms with E-state index in [0.717, 1.165) is 43.6 Å². The van der Waals surface area contributed by atoms with Crippen molar-refractivity contribution in [1.82, 2.24) is 0 Å². The lowest BCUT2D eigenvalue weighted by atomic mass is 10.0. The Morgan fingerprint density at radius 3 is 2.12 bits per heavy atom. The van der Waals surface area contributed by atoms with E-state index in [0.29, 0.717) is 6.10 Å². The van der Waals surface area contributed by atoms with Gasteiger partial charge in [-0.05, 0) is 77.5 Å². The maximum atomic E-state index is 5.65. The van der Waals surface area contributed by atoms with Gasteiger partial charge in [0.1, 0.15) is 11.5 Å². The van der Waals surface area contributed by atoms with Gasteiger partial charge in [-0.25, -0.2) is 0 Å². The van der Waals surface area contributed by atoms with E-state index < -0.39 is 0 Å². The number of hydrogen-bond acceptors (Lipinski definition) is 3. The molecule has 1 heterocycles. The van der Waals surface area contributed by atoms with Crippen molar-refractivity contribution >= 4 is 0 Å². The maximum absolute atomic E-state index is 5.65. The lowest BCUT2D eigenvalue weighted by molar-refractivity contribution is 0.320. The molecule has 0 N–H and O–H groups in total. The quantitative estimate of drug-likeness (QED) is 0.387. The first-order chi connectivity index (χ1) is 12.3. The lowest BCUT2D eigenvalue weighted by Crippen LogP contribution is -2.02. The highest BCUT2D eigenvalue weighted by atomic mass is 16.6. The van der Waals surface area contributed by atoms with Crippen LogP contribution in [-0.4, -0.2) is 25.9 Å². The number of rotatable bonds is 10. The molecule has 3 heteroatoms. The molecule has 1 fully saturated rings. The van der Waals surface area contributed by atoms with Gasteiger partial charge in [-0.15, -0.1) is 0 Å². The van der Waals surface area contributed by atoms with E-state index in [2.05, 4.69) is 52.0 Å². The van der Waals surface area contributed by atoms with Crippen molar-refractivity contribution in [3.63, 3.8) is 0 Å². The summed E-state index contributed by atoms with van der Waals surface area (Å²) in [5, 5.41) is 0. The second kappa shape index (κ2) is 9.27. The van der Waals surface area contributed by atoms with Crippen molar-refractivity contribution in [3.8, 4) is 11.5 Å². The van der Waals surface area contributed by atoms with Crippen LogP contribution in [0.4, 0.5) is 0 Å². The zero-order valence-electron chi connectivity index (χ0n) is 17.2. The normalized spacial score (nSPS) is 19.4. The summed E-state index contributed by atoms with van der Waals surface area (Å²) < 4.78 is 16.3. The van der Waals surface area contributed by atoms with Crippen molar-refractivity contribution in [2.24, 2.45) is 0 Å². The lowest BCUT2D eigenvalue weighted by Gasteiger charge is -2.07. The summed E-state index contributed by atoms with van der Waals surface area (Å²) in [6, 6.07) is 6.04. The van der Waals surface area contributed by atoms with E-state index in [-0.39, 0.29) is 5.60 Å². The third kappa shape index (κ3) is 6.53. The van der Waals surface area contributed by atoms with E-state index in [9.17, 15) is 0 Å². The van der Waals surface area contributed by atoms with Crippen LogP contribution in [0.1, 0.15) is 58.9 Å². The zero-order valence-corrected chi connectivity index (χ0v) is 17.2. The highest BCUT2D eigenvalue weighted by Gasteiger charge is 2.46. The fraction of sp³-hybridized carbons (Fsp3) is 0.565. The average Bonchev–Trinajstić information content (AvgIpc) is 3.24. The molecule has 1 aliphatic rings. The summed E-state index contributed by atoms with van der Waals surface area (Å²) in [7, 11) is 3.37. The van der Waals surface area contributed by atoms with Gasteiger partial charge in [0.25, 0.3) is 0 Å². The summed E-state index contributed by atoms with van der Waals surface area (Å²) in [6.45, 7) is 8.78. The van der Waals surface area contributed by atoms with E-state index in [1.165, 1.54) is 16.7 Å². The molecule has 1 aromatic carbocycles.